The summed E-state index contributed by atoms with van der Waals surface area (Å²) in [4.78, 5) is 4.30. The largest absolute Gasteiger partial charge is 0.256 e. The van der Waals surface area contributed by atoms with Crippen molar-refractivity contribution in [2.75, 3.05) is 0 Å². The van der Waals surface area contributed by atoms with Gasteiger partial charge in [-0.15, -0.1) is 0 Å². The van der Waals surface area contributed by atoms with E-state index in [0.29, 0.717) is 0 Å². The third kappa shape index (κ3) is 2.65. The Bertz CT molecular complexity index is 803. The summed E-state index contributed by atoms with van der Waals surface area (Å²) in [7, 11) is 0. The molecule has 3 heteroatoms. The van der Waals surface area contributed by atoms with Crippen molar-refractivity contribution in [1.29, 1.82) is 5.26 Å². The van der Waals surface area contributed by atoms with E-state index < -0.39 is 5.82 Å². The topological polar surface area (TPSA) is 36.7 Å². The molecule has 0 saturated heterocycles. The fraction of sp³-hybridized carbons (Fsp3) is 0. The number of nitrogens with zero attached hydrogens (tertiary/aromatic N) is 2. The van der Waals surface area contributed by atoms with Gasteiger partial charge in [0, 0.05) is 11.8 Å². The molecule has 0 amide bonds. The van der Waals surface area contributed by atoms with Crippen LogP contribution in [0.15, 0.2) is 66.9 Å². The first-order valence-corrected chi connectivity index (χ1v) is 6.49. The second kappa shape index (κ2) is 5.56. The SMILES string of the molecule is N#Cc1cc(-c2ccc(-c3ccccn3)cc2)ccc1F. The van der Waals surface area contributed by atoms with Crippen molar-refractivity contribution in [3.05, 3.63) is 78.2 Å². The number of benzene rings is 2. The van der Waals surface area contributed by atoms with Gasteiger partial charge in [-0.1, -0.05) is 36.4 Å². The number of rotatable bonds is 2. The second-order valence-corrected chi connectivity index (χ2v) is 4.60. The normalized spacial score (nSPS) is 10.1. The van der Waals surface area contributed by atoms with E-state index >= 15 is 0 Å². The number of nitriles is 1. The molecule has 0 aliphatic heterocycles. The summed E-state index contributed by atoms with van der Waals surface area (Å²) in [5.41, 5.74) is 3.73. The van der Waals surface area contributed by atoms with Gasteiger partial charge in [0.05, 0.1) is 11.3 Å². The van der Waals surface area contributed by atoms with Crippen LogP contribution in [0.1, 0.15) is 5.56 Å². The zero-order valence-electron chi connectivity index (χ0n) is 11.1. The summed E-state index contributed by atoms with van der Waals surface area (Å²) < 4.78 is 13.3. The van der Waals surface area contributed by atoms with Crippen molar-refractivity contribution in [2.45, 2.75) is 0 Å². The first kappa shape index (κ1) is 13.0. The van der Waals surface area contributed by atoms with Gasteiger partial charge in [0.15, 0.2) is 0 Å². The van der Waals surface area contributed by atoms with Crippen LogP contribution in [0.5, 0.6) is 0 Å². The van der Waals surface area contributed by atoms with Crippen molar-refractivity contribution in [1.82, 2.24) is 4.98 Å². The Morgan fingerprint density at radius 2 is 1.57 bits per heavy atom. The summed E-state index contributed by atoms with van der Waals surface area (Å²) in [6.45, 7) is 0. The first-order chi connectivity index (χ1) is 10.3. The van der Waals surface area contributed by atoms with Crippen LogP contribution in [0.3, 0.4) is 0 Å². The maximum absolute atomic E-state index is 13.3. The molecule has 0 bridgehead atoms. The van der Waals surface area contributed by atoms with E-state index in [0.717, 1.165) is 22.4 Å². The van der Waals surface area contributed by atoms with Crippen molar-refractivity contribution in [3.63, 3.8) is 0 Å². The van der Waals surface area contributed by atoms with Crippen LogP contribution < -0.4 is 0 Å². The Labute approximate surface area is 122 Å². The summed E-state index contributed by atoms with van der Waals surface area (Å²) in [5, 5.41) is 8.88. The summed E-state index contributed by atoms with van der Waals surface area (Å²) >= 11 is 0. The zero-order valence-corrected chi connectivity index (χ0v) is 11.1. The molecule has 0 radical (unpaired) electrons. The zero-order chi connectivity index (χ0) is 14.7. The lowest BCUT2D eigenvalue weighted by atomic mass is 10.0. The molecule has 0 aliphatic rings. The number of pyridine rings is 1. The van der Waals surface area contributed by atoms with Crippen LogP contribution >= 0.6 is 0 Å². The average Bonchev–Trinajstić information content (AvgIpc) is 2.56. The highest BCUT2D eigenvalue weighted by Gasteiger charge is 2.05. The predicted molar refractivity (Wildman–Crippen MR) is 79.8 cm³/mol. The standard InChI is InChI=1S/C18H11FN2/c19-17-9-8-15(11-16(17)12-20)13-4-6-14(7-5-13)18-3-1-2-10-21-18/h1-11H. The van der Waals surface area contributed by atoms with E-state index in [9.17, 15) is 4.39 Å². The highest BCUT2D eigenvalue weighted by molar-refractivity contribution is 5.69. The Hall–Kier alpha value is -2.99. The molecule has 1 aromatic heterocycles. The van der Waals surface area contributed by atoms with Crippen molar-refractivity contribution < 1.29 is 4.39 Å². The summed E-state index contributed by atoms with van der Waals surface area (Å²) in [5.74, 6) is -0.494. The van der Waals surface area contributed by atoms with Gasteiger partial charge in [-0.2, -0.15) is 5.26 Å². The minimum atomic E-state index is -0.494. The molecule has 100 valence electrons. The molecule has 0 saturated carbocycles. The number of hydrogen-bond acceptors (Lipinski definition) is 2. The lowest BCUT2D eigenvalue weighted by molar-refractivity contribution is 0.624. The number of hydrogen-bond donors (Lipinski definition) is 0. The van der Waals surface area contributed by atoms with E-state index in [2.05, 4.69) is 4.98 Å². The smallest absolute Gasteiger partial charge is 0.140 e. The molecule has 0 fully saturated rings. The van der Waals surface area contributed by atoms with Crippen LogP contribution in [0, 0.1) is 17.1 Å². The van der Waals surface area contributed by atoms with Gasteiger partial charge >= 0.3 is 0 Å². The molecule has 0 atom stereocenters. The van der Waals surface area contributed by atoms with Crippen molar-refractivity contribution in [3.8, 4) is 28.5 Å². The molecule has 0 aliphatic carbocycles. The second-order valence-electron chi connectivity index (χ2n) is 4.60. The van der Waals surface area contributed by atoms with E-state index in [1.807, 2.05) is 48.5 Å². The fourth-order valence-electron chi connectivity index (χ4n) is 2.16. The lowest BCUT2D eigenvalue weighted by Gasteiger charge is -2.05. The van der Waals surface area contributed by atoms with Gasteiger partial charge < -0.3 is 0 Å². The lowest BCUT2D eigenvalue weighted by Crippen LogP contribution is -1.86. The van der Waals surface area contributed by atoms with Crippen LogP contribution in [0.25, 0.3) is 22.4 Å². The van der Waals surface area contributed by atoms with Gasteiger partial charge in [-0.05, 0) is 35.4 Å². The van der Waals surface area contributed by atoms with Crippen LogP contribution in [0.2, 0.25) is 0 Å². The monoisotopic (exact) mass is 274 g/mol. The van der Waals surface area contributed by atoms with E-state index in [4.69, 9.17) is 5.26 Å². The van der Waals surface area contributed by atoms with Crippen molar-refractivity contribution in [2.24, 2.45) is 0 Å². The van der Waals surface area contributed by atoms with Gasteiger partial charge in [0.2, 0.25) is 0 Å². The Morgan fingerprint density at radius 1 is 0.857 bits per heavy atom. The maximum Gasteiger partial charge on any atom is 0.140 e. The molecule has 3 aromatic rings. The van der Waals surface area contributed by atoms with Crippen LogP contribution in [0.4, 0.5) is 4.39 Å². The first-order valence-electron chi connectivity index (χ1n) is 6.49. The molecule has 3 rings (SSSR count). The molecule has 2 aromatic carbocycles. The molecule has 0 N–H and O–H groups in total. The maximum atomic E-state index is 13.3. The Morgan fingerprint density at radius 3 is 2.24 bits per heavy atom. The van der Waals surface area contributed by atoms with E-state index in [1.165, 1.54) is 6.07 Å². The summed E-state index contributed by atoms with van der Waals surface area (Å²) in [6, 6.07) is 20.0. The predicted octanol–water partition coefficient (Wildman–Crippen LogP) is 4.43. The molecule has 0 unspecified atom stereocenters. The molecular formula is C18H11FN2. The van der Waals surface area contributed by atoms with Gasteiger partial charge in [0.25, 0.3) is 0 Å². The average molecular weight is 274 g/mol. The molecular weight excluding hydrogens is 263 g/mol. The Balaban J connectivity index is 1.97. The van der Waals surface area contributed by atoms with Crippen LogP contribution in [-0.4, -0.2) is 4.98 Å². The number of aromatic nitrogens is 1. The van der Waals surface area contributed by atoms with Crippen LogP contribution in [-0.2, 0) is 0 Å². The highest BCUT2D eigenvalue weighted by atomic mass is 19.1. The summed E-state index contributed by atoms with van der Waals surface area (Å²) in [6.07, 6.45) is 1.75. The number of halogens is 1. The van der Waals surface area contributed by atoms with E-state index in [-0.39, 0.29) is 5.56 Å². The molecule has 1 heterocycles. The molecule has 0 spiro atoms. The van der Waals surface area contributed by atoms with Crippen molar-refractivity contribution >= 4 is 0 Å². The van der Waals surface area contributed by atoms with Gasteiger partial charge in [-0.3, -0.25) is 4.98 Å². The van der Waals surface area contributed by atoms with E-state index in [1.54, 1.807) is 18.3 Å². The minimum Gasteiger partial charge on any atom is -0.256 e. The third-order valence-corrected chi connectivity index (χ3v) is 3.27. The quantitative estimate of drug-likeness (QED) is 0.693. The fourth-order valence-corrected chi connectivity index (χ4v) is 2.16. The van der Waals surface area contributed by atoms with Gasteiger partial charge in [-0.25, -0.2) is 4.39 Å². The van der Waals surface area contributed by atoms with Gasteiger partial charge in [0.1, 0.15) is 11.9 Å². The highest BCUT2D eigenvalue weighted by Crippen LogP contribution is 2.25. The molecule has 2 nitrogen and oxygen atoms in total. The minimum absolute atomic E-state index is 0.0568. The Kier molecular flexibility index (Phi) is 3.44. The molecule has 21 heavy (non-hydrogen) atoms. The third-order valence-electron chi connectivity index (χ3n) is 3.27.